The Morgan fingerprint density at radius 2 is 1.33 bits per heavy atom. The fourth-order valence-corrected chi connectivity index (χ4v) is 2.33. The van der Waals surface area contributed by atoms with Gasteiger partial charge in [-0.05, 0) is 36.4 Å². The van der Waals surface area contributed by atoms with Crippen LogP contribution in [-0.4, -0.2) is 4.21 Å². The van der Waals surface area contributed by atoms with Gasteiger partial charge >= 0.3 is 0 Å². The van der Waals surface area contributed by atoms with E-state index in [4.69, 9.17) is 5.73 Å². The number of hydrogen-bond donors (Lipinski definition) is 1. The number of hydrogen-bond acceptors (Lipinski definition) is 2. The van der Waals surface area contributed by atoms with Gasteiger partial charge in [0.25, 0.3) is 0 Å². The summed E-state index contributed by atoms with van der Waals surface area (Å²) in [5.74, 6) is 0. The highest BCUT2D eigenvalue weighted by Gasteiger charge is 2.05. The smallest absolute Gasteiger partial charge is 0.0849 e. The van der Waals surface area contributed by atoms with E-state index < -0.39 is 10.8 Å². The van der Waals surface area contributed by atoms with Crippen molar-refractivity contribution in [3.8, 4) is 0 Å². The van der Waals surface area contributed by atoms with E-state index in [1.165, 1.54) is 0 Å². The maximum Gasteiger partial charge on any atom is 0.0849 e. The van der Waals surface area contributed by atoms with Gasteiger partial charge in [0.2, 0.25) is 0 Å². The van der Waals surface area contributed by atoms with E-state index in [1.807, 2.05) is 30.3 Å². The second kappa shape index (κ2) is 4.28. The third-order valence-electron chi connectivity index (χ3n) is 2.05. The Bertz CT molecular complexity index is 465. The molecule has 2 N–H and O–H groups in total. The van der Waals surface area contributed by atoms with Gasteiger partial charge in [0, 0.05) is 15.5 Å². The fourth-order valence-electron chi connectivity index (χ4n) is 1.27. The SMILES string of the molecule is Nc1ccc([S@](=O)c2ccccc2)cc1. The first-order chi connectivity index (χ1) is 7.27. The van der Waals surface area contributed by atoms with Gasteiger partial charge in [0.05, 0.1) is 10.8 Å². The second-order valence-corrected chi connectivity index (χ2v) is 4.63. The molecule has 0 amide bonds. The van der Waals surface area contributed by atoms with Crippen molar-refractivity contribution < 1.29 is 4.21 Å². The van der Waals surface area contributed by atoms with Crippen LogP contribution in [0, 0.1) is 0 Å². The molecule has 0 radical (unpaired) electrons. The minimum absolute atomic E-state index is 0.684. The highest BCUT2D eigenvalue weighted by molar-refractivity contribution is 7.85. The standard InChI is InChI=1S/C12H11NOS/c13-10-6-8-12(9-7-10)15(14)11-4-2-1-3-5-11/h1-9H,13H2/t15-/m1/s1. The Kier molecular flexibility index (Phi) is 2.83. The molecular weight excluding hydrogens is 206 g/mol. The average Bonchev–Trinajstić information content (AvgIpc) is 2.30. The molecule has 0 saturated heterocycles. The average molecular weight is 217 g/mol. The van der Waals surface area contributed by atoms with Gasteiger partial charge in [-0.2, -0.15) is 0 Å². The normalized spacial score (nSPS) is 12.3. The fraction of sp³-hybridized carbons (Fsp3) is 0. The molecule has 0 saturated carbocycles. The maximum atomic E-state index is 12.0. The Labute approximate surface area is 91.2 Å². The van der Waals surface area contributed by atoms with E-state index in [-0.39, 0.29) is 0 Å². The lowest BCUT2D eigenvalue weighted by Crippen LogP contribution is -1.93. The van der Waals surface area contributed by atoms with E-state index in [2.05, 4.69) is 0 Å². The summed E-state index contributed by atoms with van der Waals surface area (Å²) in [7, 11) is -1.11. The van der Waals surface area contributed by atoms with Crippen LogP contribution in [0.3, 0.4) is 0 Å². The van der Waals surface area contributed by atoms with Crippen molar-refractivity contribution in [2.75, 3.05) is 5.73 Å². The van der Waals surface area contributed by atoms with E-state index in [1.54, 1.807) is 24.3 Å². The van der Waals surface area contributed by atoms with E-state index in [0.717, 1.165) is 9.79 Å². The molecule has 0 aliphatic heterocycles. The van der Waals surface area contributed by atoms with Gasteiger partial charge in [-0.25, -0.2) is 4.21 Å². The van der Waals surface area contributed by atoms with E-state index in [0.29, 0.717) is 5.69 Å². The molecule has 2 aromatic carbocycles. The van der Waals surface area contributed by atoms with Gasteiger partial charge in [-0.3, -0.25) is 0 Å². The lowest BCUT2D eigenvalue weighted by Gasteiger charge is -2.02. The molecule has 2 aromatic rings. The summed E-state index contributed by atoms with van der Waals surface area (Å²) in [5, 5.41) is 0. The topological polar surface area (TPSA) is 43.1 Å². The summed E-state index contributed by atoms with van der Waals surface area (Å²) in [6.45, 7) is 0. The van der Waals surface area contributed by atoms with Gasteiger partial charge in [-0.15, -0.1) is 0 Å². The summed E-state index contributed by atoms with van der Waals surface area (Å²) < 4.78 is 12.0. The largest absolute Gasteiger partial charge is 0.399 e. The third kappa shape index (κ3) is 2.25. The predicted octanol–water partition coefficient (Wildman–Crippen LogP) is 2.44. The van der Waals surface area contributed by atoms with Crippen molar-refractivity contribution in [1.29, 1.82) is 0 Å². The predicted molar refractivity (Wildman–Crippen MR) is 62.0 cm³/mol. The molecule has 0 aliphatic carbocycles. The number of rotatable bonds is 2. The molecule has 0 aliphatic rings. The molecule has 0 spiro atoms. The number of nitrogen functional groups attached to an aromatic ring is 1. The molecule has 0 heterocycles. The first-order valence-corrected chi connectivity index (χ1v) is 5.75. The zero-order valence-electron chi connectivity index (χ0n) is 8.09. The Morgan fingerprint density at radius 1 is 0.800 bits per heavy atom. The van der Waals surface area contributed by atoms with Crippen molar-refractivity contribution >= 4 is 16.5 Å². The van der Waals surface area contributed by atoms with Crippen molar-refractivity contribution in [3.63, 3.8) is 0 Å². The molecule has 0 bridgehead atoms. The molecule has 3 heteroatoms. The highest BCUT2D eigenvalue weighted by atomic mass is 32.2. The Morgan fingerprint density at radius 3 is 1.93 bits per heavy atom. The molecule has 2 nitrogen and oxygen atoms in total. The second-order valence-electron chi connectivity index (χ2n) is 3.15. The molecule has 0 unspecified atom stereocenters. The molecule has 76 valence electrons. The van der Waals surface area contributed by atoms with Crippen LogP contribution >= 0.6 is 0 Å². The summed E-state index contributed by atoms with van der Waals surface area (Å²) in [4.78, 5) is 1.58. The van der Waals surface area contributed by atoms with Crippen LogP contribution < -0.4 is 5.73 Å². The summed E-state index contributed by atoms with van der Waals surface area (Å²) in [6.07, 6.45) is 0. The van der Waals surface area contributed by atoms with Crippen LogP contribution in [0.5, 0.6) is 0 Å². The minimum Gasteiger partial charge on any atom is -0.399 e. The summed E-state index contributed by atoms with van der Waals surface area (Å²) >= 11 is 0. The Hall–Kier alpha value is -1.61. The van der Waals surface area contributed by atoms with E-state index in [9.17, 15) is 4.21 Å². The van der Waals surface area contributed by atoms with Gasteiger partial charge in [0.1, 0.15) is 0 Å². The quantitative estimate of drug-likeness (QED) is 0.785. The van der Waals surface area contributed by atoms with Crippen molar-refractivity contribution in [1.82, 2.24) is 0 Å². The van der Waals surface area contributed by atoms with Crippen LogP contribution in [0.2, 0.25) is 0 Å². The van der Waals surface area contributed by atoms with E-state index >= 15 is 0 Å². The zero-order chi connectivity index (χ0) is 10.7. The van der Waals surface area contributed by atoms with Gasteiger partial charge in [0.15, 0.2) is 0 Å². The van der Waals surface area contributed by atoms with Crippen LogP contribution in [0.4, 0.5) is 5.69 Å². The number of nitrogens with two attached hydrogens (primary N) is 1. The molecule has 15 heavy (non-hydrogen) atoms. The molecule has 1 atom stereocenters. The summed E-state index contributed by atoms with van der Waals surface area (Å²) in [6, 6.07) is 16.5. The lowest BCUT2D eigenvalue weighted by atomic mass is 10.3. The molecule has 0 aromatic heterocycles. The van der Waals surface area contributed by atoms with Crippen molar-refractivity contribution in [3.05, 3.63) is 54.6 Å². The van der Waals surface area contributed by atoms with Crippen LogP contribution in [0.25, 0.3) is 0 Å². The zero-order valence-corrected chi connectivity index (χ0v) is 8.91. The van der Waals surface area contributed by atoms with Gasteiger partial charge < -0.3 is 5.73 Å². The van der Waals surface area contributed by atoms with Crippen LogP contribution in [0.15, 0.2) is 64.4 Å². The Balaban J connectivity index is 2.33. The molecular formula is C12H11NOS. The van der Waals surface area contributed by atoms with Crippen LogP contribution in [-0.2, 0) is 10.8 Å². The van der Waals surface area contributed by atoms with Crippen LogP contribution in [0.1, 0.15) is 0 Å². The van der Waals surface area contributed by atoms with Crippen molar-refractivity contribution in [2.24, 2.45) is 0 Å². The minimum atomic E-state index is -1.11. The lowest BCUT2D eigenvalue weighted by molar-refractivity contribution is 0.683. The summed E-state index contributed by atoms with van der Waals surface area (Å²) in [5.41, 5.74) is 6.25. The highest BCUT2D eigenvalue weighted by Crippen LogP contribution is 2.16. The van der Waals surface area contributed by atoms with Crippen molar-refractivity contribution in [2.45, 2.75) is 9.79 Å². The first-order valence-electron chi connectivity index (χ1n) is 4.60. The number of benzene rings is 2. The third-order valence-corrected chi connectivity index (χ3v) is 3.45. The first kappa shape index (κ1) is 9.93. The molecule has 2 rings (SSSR count). The molecule has 0 fully saturated rings. The number of anilines is 1. The monoisotopic (exact) mass is 217 g/mol. The maximum absolute atomic E-state index is 12.0. The van der Waals surface area contributed by atoms with Gasteiger partial charge in [-0.1, -0.05) is 18.2 Å².